The molecule has 0 bridgehead atoms. The highest BCUT2D eigenvalue weighted by Gasteiger charge is 2.13. The minimum Gasteiger partial charge on any atom is -0.348 e. The van der Waals surface area contributed by atoms with Gasteiger partial charge in [0, 0.05) is 25.0 Å². The molecular weight excluding hydrogens is 152 g/mol. The zero-order valence-corrected chi connectivity index (χ0v) is 7.01. The Kier molecular flexibility index (Phi) is 2.39. The molecule has 3 N–H and O–H groups in total. The van der Waals surface area contributed by atoms with Crippen LogP contribution >= 0.6 is 0 Å². The number of H-pyrrole nitrogens is 1. The van der Waals surface area contributed by atoms with Crippen molar-refractivity contribution >= 4 is 0 Å². The van der Waals surface area contributed by atoms with E-state index >= 15 is 0 Å². The lowest BCUT2D eigenvalue weighted by atomic mass is 10.2. The van der Waals surface area contributed by atoms with Crippen LogP contribution in [0.4, 0.5) is 0 Å². The summed E-state index contributed by atoms with van der Waals surface area (Å²) >= 11 is 0. The van der Waals surface area contributed by atoms with Gasteiger partial charge in [-0.1, -0.05) is 0 Å². The van der Waals surface area contributed by atoms with Gasteiger partial charge >= 0.3 is 0 Å². The van der Waals surface area contributed by atoms with E-state index in [9.17, 15) is 0 Å². The van der Waals surface area contributed by atoms with Crippen LogP contribution < -0.4 is 10.6 Å². The summed E-state index contributed by atoms with van der Waals surface area (Å²) in [5.41, 5.74) is 0. The highest BCUT2D eigenvalue weighted by molar-refractivity contribution is 4.88. The topological polar surface area (TPSA) is 52.7 Å². The summed E-state index contributed by atoms with van der Waals surface area (Å²) in [5.74, 6) is 1.02. The van der Waals surface area contributed by atoms with Crippen molar-refractivity contribution in [3.63, 3.8) is 0 Å². The van der Waals surface area contributed by atoms with E-state index in [-0.39, 0.29) is 0 Å². The molecule has 66 valence electrons. The molecule has 12 heavy (non-hydrogen) atoms. The van der Waals surface area contributed by atoms with Gasteiger partial charge in [-0.3, -0.25) is 0 Å². The fourth-order valence-electron chi connectivity index (χ4n) is 1.46. The number of nitrogens with zero attached hydrogens (tertiary/aromatic N) is 1. The maximum atomic E-state index is 4.14. The van der Waals surface area contributed by atoms with Crippen LogP contribution in [0.15, 0.2) is 12.4 Å². The standard InChI is InChI=1S/C8H14N4/c1-2-9-5-7(1)12-6-8-10-3-4-11-8/h3-4,7,9,12H,1-2,5-6H2,(H,10,11). The van der Waals surface area contributed by atoms with E-state index in [1.165, 1.54) is 6.42 Å². The third-order valence-electron chi connectivity index (χ3n) is 2.17. The molecule has 0 aliphatic carbocycles. The minimum absolute atomic E-state index is 0.620. The van der Waals surface area contributed by atoms with Gasteiger partial charge in [0.05, 0.1) is 6.54 Å². The van der Waals surface area contributed by atoms with E-state index in [1.54, 1.807) is 6.20 Å². The molecule has 1 aliphatic rings. The Morgan fingerprint density at radius 2 is 2.67 bits per heavy atom. The number of rotatable bonds is 3. The number of imidazole rings is 1. The Morgan fingerprint density at radius 3 is 3.33 bits per heavy atom. The van der Waals surface area contributed by atoms with Gasteiger partial charge in [-0.15, -0.1) is 0 Å². The van der Waals surface area contributed by atoms with Gasteiger partial charge in [-0.05, 0) is 13.0 Å². The van der Waals surface area contributed by atoms with Crippen molar-refractivity contribution in [2.45, 2.75) is 19.0 Å². The zero-order chi connectivity index (χ0) is 8.23. The van der Waals surface area contributed by atoms with Crippen LogP contribution in [0.3, 0.4) is 0 Å². The van der Waals surface area contributed by atoms with Gasteiger partial charge in [0.2, 0.25) is 0 Å². The van der Waals surface area contributed by atoms with Gasteiger partial charge in [-0.2, -0.15) is 0 Å². The second-order valence-electron chi connectivity index (χ2n) is 3.11. The Bertz CT molecular complexity index is 213. The summed E-state index contributed by atoms with van der Waals surface area (Å²) in [6.45, 7) is 3.07. The van der Waals surface area contributed by atoms with Crippen molar-refractivity contribution in [3.05, 3.63) is 18.2 Å². The minimum atomic E-state index is 0.620. The summed E-state index contributed by atoms with van der Waals surface area (Å²) in [5, 5.41) is 6.74. The third kappa shape index (κ3) is 1.84. The molecule has 4 heteroatoms. The fourth-order valence-corrected chi connectivity index (χ4v) is 1.46. The highest BCUT2D eigenvalue weighted by Crippen LogP contribution is 1.98. The Morgan fingerprint density at radius 1 is 1.67 bits per heavy atom. The Balaban J connectivity index is 1.74. The van der Waals surface area contributed by atoms with Gasteiger partial charge in [0.15, 0.2) is 0 Å². The Hall–Kier alpha value is -0.870. The van der Waals surface area contributed by atoms with E-state index in [0.29, 0.717) is 6.04 Å². The lowest BCUT2D eigenvalue weighted by molar-refractivity contribution is 0.537. The third-order valence-corrected chi connectivity index (χ3v) is 2.17. The number of aromatic amines is 1. The monoisotopic (exact) mass is 166 g/mol. The molecule has 1 aromatic rings. The number of nitrogens with one attached hydrogen (secondary N) is 3. The van der Waals surface area contributed by atoms with E-state index in [4.69, 9.17) is 0 Å². The normalized spacial score (nSPS) is 23.2. The first-order valence-corrected chi connectivity index (χ1v) is 4.37. The summed E-state index contributed by atoms with van der Waals surface area (Å²) in [6, 6.07) is 0.620. The lowest BCUT2D eigenvalue weighted by Gasteiger charge is -2.08. The predicted octanol–water partition coefficient (Wildman–Crippen LogP) is -0.139. The lowest BCUT2D eigenvalue weighted by Crippen LogP contribution is -2.30. The van der Waals surface area contributed by atoms with Crippen LogP contribution in [-0.4, -0.2) is 29.1 Å². The van der Waals surface area contributed by atoms with Crippen molar-refractivity contribution in [1.29, 1.82) is 0 Å². The molecule has 0 amide bonds. The molecule has 0 spiro atoms. The second kappa shape index (κ2) is 3.69. The zero-order valence-electron chi connectivity index (χ0n) is 7.01. The second-order valence-corrected chi connectivity index (χ2v) is 3.11. The first-order chi connectivity index (χ1) is 5.95. The van der Waals surface area contributed by atoms with Crippen LogP contribution in [0.5, 0.6) is 0 Å². The molecule has 1 atom stereocenters. The largest absolute Gasteiger partial charge is 0.348 e. The van der Waals surface area contributed by atoms with E-state index in [2.05, 4.69) is 20.6 Å². The van der Waals surface area contributed by atoms with Crippen molar-refractivity contribution in [1.82, 2.24) is 20.6 Å². The number of hydrogen-bond donors (Lipinski definition) is 3. The van der Waals surface area contributed by atoms with Crippen molar-refractivity contribution in [2.75, 3.05) is 13.1 Å². The van der Waals surface area contributed by atoms with Gasteiger partial charge < -0.3 is 15.6 Å². The average Bonchev–Trinajstić information content (AvgIpc) is 2.74. The van der Waals surface area contributed by atoms with Gasteiger partial charge in [-0.25, -0.2) is 4.98 Å². The first-order valence-electron chi connectivity index (χ1n) is 4.37. The van der Waals surface area contributed by atoms with Crippen LogP contribution in [0.2, 0.25) is 0 Å². The smallest absolute Gasteiger partial charge is 0.120 e. The van der Waals surface area contributed by atoms with E-state index in [0.717, 1.165) is 25.5 Å². The molecule has 0 radical (unpaired) electrons. The molecule has 1 fully saturated rings. The first kappa shape index (κ1) is 7.76. The van der Waals surface area contributed by atoms with Crippen LogP contribution in [0.1, 0.15) is 12.2 Å². The number of hydrogen-bond acceptors (Lipinski definition) is 3. The Labute approximate surface area is 71.8 Å². The fraction of sp³-hybridized carbons (Fsp3) is 0.625. The molecule has 4 nitrogen and oxygen atoms in total. The van der Waals surface area contributed by atoms with Crippen molar-refractivity contribution in [3.8, 4) is 0 Å². The summed E-state index contributed by atoms with van der Waals surface area (Å²) < 4.78 is 0. The molecule has 1 saturated heterocycles. The van der Waals surface area contributed by atoms with Crippen LogP contribution in [-0.2, 0) is 6.54 Å². The quantitative estimate of drug-likeness (QED) is 0.586. The summed E-state index contributed by atoms with van der Waals surface area (Å²) in [6.07, 6.45) is 4.86. The molecule has 0 aromatic carbocycles. The van der Waals surface area contributed by atoms with Gasteiger partial charge in [0.25, 0.3) is 0 Å². The molecule has 1 aromatic heterocycles. The summed E-state index contributed by atoms with van der Waals surface area (Å²) in [7, 11) is 0. The molecule has 2 rings (SSSR count). The van der Waals surface area contributed by atoms with E-state index in [1.807, 2.05) is 6.20 Å². The molecule has 1 unspecified atom stereocenters. The van der Waals surface area contributed by atoms with Crippen LogP contribution in [0.25, 0.3) is 0 Å². The molecule has 2 heterocycles. The maximum absolute atomic E-state index is 4.14. The maximum Gasteiger partial charge on any atom is 0.120 e. The van der Waals surface area contributed by atoms with Gasteiger partial charge in [0.1, 0.15) is 5.82 Å². The van der Waals surface area contributed by atoms with Crippen molar-refractivity contribution in [2.24, 2.45) is 0 Å². The van der Waals surface area contributed by atoms with Crippen molar-refractivity contribution < 1.29 is 0 Å². The molecule has 0 saturated carbocycles. The average molecular weight is 166 g/mol. The SMILES string of the molecule is c1c[nH]c(CNC2CCNC2)n1. The van der Waals surface area contributed by atoms with E-state index < -0.39 is 0 Å². The molecular formula is C8H14N4. The summed E-state index contributed by atoms with van der Waals surface area (Å²) in [4.78, 5) is 7.21. The highest BCUT2D eigenvalue weighted by atomic mass is 15.0. The predicted molar refractivity (Wildman–Crippen MR) is 46.7 cm³/mol. The van der Waals surface area contributed by atoms with Crippen LogP contribution in [0, 0.1) is 0 Å². The molecule has 1 aliphatic heterocycles. The number of aromatic nitrogens is 2.